The molecule has 0 aliphatic carbocycles. The molecule has 0 saturated carbocycles. The number of halogens is 4. The average molecular weight is 505 g/mol. The molecular formula is C16H27F3IN5S. The van der Waals surface area contributed by atoms with Gasteiger partial charge >= 0.3 is 6.18 Å². The summed E-state index contributed by atoms with van der Waals surface area (Å²) in [6, 6.07) is -1.41. The van der Waals surface area contributed by atoms with E-state index < -0.39 is 12.2 Å². The third kappa shape index (κ3) is 6.52. The molecule has 0 radical (unpaired) electrons. The van der Waals surface area contributed by atoms with E-state index in [0.717, 1.165) is 23.9 Å². The first kappa shape index (κ1) is 23.4. The standard InChI is InChI=1S/C16H26F3N5S.HI/c1-4-13-10-21-14(25-13)11-22-15(20-5-2)24-8-6-23(7-9-24)12(3)16(17,18)19;/h10,12H,4-9,11H2,1-3H3,(H,20,22);1H. The smallest absolute Gasteiger partial charge is 0.357 e. The summed E-state index contributed by atoms with van der Waals surface area (Å²) in [6.07, 6.45) is -1.34. The lowest BCUT2D eigenvalue weighted by atomic mass is 10.2. The number of aliphatic imine (C=N–C) groups is 1. The highest BCUT2D eigenvalue weighted by atomic mass is 127. The van der Waals surface area contributed by atoms with Crippen LogP contribution in [0.1, 0.15) is 30.7 Å². The van der Waals surface area contributed by atoms with Gasteiger partial charge < -0.3 is 10.2 Å². The normalized spacial score (nSPS) is 17.8. The molecule has 1 saturated heterocycles. The van der Waals surface area contributed by atoms with Crippen LogP contribution >= 0.6 is 35.3 Å². The molecule has 2 heterocycles. The zero-order chi connectivity index (χ0) is 18.4. The Kier molecular flexibility index (Phi) is 9.59. The van der Waals surface area contributed by atoms with Gasteiger partial charge in [-0.05, 0) is 20.3 Å². The molecule has 10 heteroatoms. The van der Waals surface area contributed by atoms with Gasteiger partial charge in [0.1, 0.15) is 11.0 Å². The molecule has 1 fully saturated rings. The summed E-state index contributed by atoms with van der Waals surface area (Å²) in [5.41, 5.74) is 0. The Morgan fingerprint density at radius 1 is 1.31 bits per heavy atom. The third-order valence-electron chi connectivity index (χ3n) is 4.28. The van der Waals surface area contributed by atoms with Crippen molar-refractivity contribution in [3.63, 3.8) is 0 Å². The fourth-order valence-corrected chi connectivity index (χ4v) is 3.47. The van der Waals surface area contributed by atoms with Gasteiger partial charge in [-0.1, -0.05) is 6.92 Å². The molecule has 0 amide bonds. The third-order valence-corrected chi connectivity index (χ3v) is 5.41. The lowest BCUT2D eigenvalue weighted by Gasteiger charge is -2.39. The zero-order valence-corrected chi connectivity index (χ0v) is 18.5. The molecular weight excluding hydrogens is 478 g/mol. The summed E-state index contributed by atoms with van der Waals surface area (Å²) in [5.74, 6) is 0.745. The number of thiazole rings is 1. The predicted octanol–water partition coefficient (Wildman–Crippen LogP) is 3.36. The summed E-state index contributed by atoms with van der Waals surface area (Å²) in [7, 11) is 0. The molecule has 0 spiro atoms. The Morgan fingerprint density at radius 3 is 2.46 bits per heavy atom. The van der Waals surface area contributed by atoms with Gasteiger partial charge in [-0.3, -0.25) is 4.90 Å². The van der Waals surface area contributed by atoms with Crippen molar-refractivity contribution in [1.29, 1.82) is 0 Å². The van der Waals surface area contributed by atoms with Crippen LogP contribution in [0.5, 0.6) is 0 Å². The number of hydrogen-bond acceptors (Lipinski definition) is 4. The summed E-state index contributed by atoms with van der Waals surface area (Å²) in [6.45, 7) is 8.33. The van der Waals surface area contributed by atoms with Crippen molar-refractivity contribution in [3.05, 3.63) is 16.1 Å². The van der Waals surface area contributed by atoms with Crippen molar-refractivity contribution in [2.75, 3.05) is 32.7 Å². The van der Waals surface area contributed by atoms with Crippen LogP contribution in [-0.4, -0.2) is 65.7 Å². The molecule has 2 rings (SSSR count). The summed E-state index contributed by atoms with van der Waals surface area (Å²) < 4.78 is 38.6. The Morgan fingerprint density at radius 2 is 1.96 bits per heavy atom. The Labute approximate surface area is 174 Å². The van der Waals surface area contributed by atoms with Gasteiger partial charge in [0.05, 0.1) is 6.54 Å². The van der Waals surface area contributed by atoms with Crippen LogP contribution in [0.2, 0.25) is 0 Å². The van der Waals surface area contributed by atoms with E-state index in [1.807, 2.05) is 18.0 Å². The predicted molar refractivity (Wildman–Crippen MR) is 110 cm³/mol. The maximum atomic E-state index is 12.9. The number of alkyl halides is 3. The number of nitrogens with one attached hydrogen (secondary N) is 1. The van der Waals surface area contributed by atoms with Gasteiger partial charge in [0.25, 0.3) is 0 Å². The topological polar surface area (TPSA) is 43.8 Å². The van der Waals surface area contributed by atoms with Crippen molar-refractivity contribution in [3.8, 4) is 0 Å². The van der Waals surface area contributed by atoms with E-state index in [1.165, 1.54) is 16.7 Å². The second kappa shape index (κ2) is 10.6. The largest absolute Gasteiger partial charge is 0.403 e. The molecule has 150 valence electrons. The fourth-order valence-electron chi connectivity index (χ4n) is 2.68. The van der Waals surface area contributed by atoms with Crippen LogP contribution in [0.4, 0.5) is 13.2 Å². The number of aromatic nitrogens is 1. The highest BCUT2D eigenvalue weighted by Gasteiger charge is 2.41. The van der Waals surface area contributed by atoms with Crippen LogP contribution in [0, 0.1) is 0 Å². The SMILES string of the molecule is CCNC(=NCc1ncc(CC)s1)N1CCN(C(C)C(F)(F)F)CC1.I. The molecule has 1 aromatic heterocycles. The van der Waals surface area contributed by atoms with Crippen molar-refractivity contribution in [2.24, 2.45) is 4.99 Å². The van der Waals surface area contributed by atoms with Gasteiger partial charge in [0, 0.05) is 43.8 Å². The van der Waals surface area contributed by atoms with Crippen LogP contribution in [-0.2, 0) is 13.0 Å². The monoisotopic (exact) mass is 505 g/mol. The molecule has 1 aliphatic rings. The van der Waals surface area contributed by atoms with Crippen LogP contribution < -0.4 is 5.32 Å². The highest BCUT2D eigenvalue weighted by Crippen LogP contribution is 2.25. The van der Waals surface area contributed by atoms with E-state index in [1.54, 1.807) is 11.3 Å². The van der Waals surface area contributed by atoms with Crippen molar-refractivity contribution < 1.29 is 13.2 Å². The minimum absolute atomic E-state index is 0. The summed E-state index contributed by atoms with van der Waals surface area (Å²) in [5, 5.41) is 4.18. The molecule has 1 atom stereocenters. The molecule has 26 heavy (non-hydrogen) atoms. The first-order valence-electron chi connectivity index (χ1n) is 8.62. The first-order chi connectivity index (χ1) is 11.8. The lowest BCUT2D eigenvalue weighted by Crippen LogP contribution is -2.56. The molecule has 1 aromatic rings. The van der Waals surface area contributed by atoms with E-state index in [4.69, 9.17) is 0 Å². The Balaban J connectivity index is 0.00000338. The summed E-state index contributed by atoms with van der Waals surface area (Å²) in [4.78, 5) is 13.7. The molecule has 0 aromatic carbocycles. The van der Waals surface area contributed by atoms with Gasteiger partial charge in [-0.2, -0.15) is 13.2 Å². The number of nitrogens with zero attached hydrogens (tertiary/aromatic N) is 4. The van der Waals surface area contributed by atoms with E-state index in [9.17, 15) is 13.2 Å². The van der Waals surface area contributed by atoms with Crippen molar-refractivity contribution >= 4 is 41.3 Å². The minimum atomic E-state index is -4.18. The first-order valence-corrected chi connectivity index (χ1v) is 9.44. The maximum Gasteiger partial charge on any atom is 0.403 e. The Hall–Kier alpha value is -0.620. The fraction of sp³-hybridized carbons (Fsp3) is 0.750. The highest BCUT2D eigenvalue weighted by molar-refractivity contribution is 14.0. The van der Waals surface area contributed by atoms with Crippen molar-refractivity contribution in [2.45, 2.75) is 46.0 Å². The van der Waals surface area contributed by atoms with Gasteiger partial charge in [0.15, 0.2) is 5.96 Å². The number of aryl methyl sites for hydroxylation is 1. The maximum absolute atomic E-state index is 12.9. The molecule has 0 bridgehead atoms. The molecule has 1 aliphatic heterocycles. The molecule has 1 unspecified atom stereocenters. The minimum Gasteiger partial charge on any atom is -0.357 e. The van der Waals surface area contributed by atoms with Gasteiger partial charge in [0.2, 0.25) is 0 Å². The number of guanidine groups is 1. The second-order valence-corrected chi connectivity index (χ2v) is 7.18. The number of piperazine rings is 1. The van der Waals surface area contributed by atoms with Crippen LogP contribution in [0.15, 0.2) is 11.2 Å². The lowest BCUT2D eigenvalue weighted by molar-refractivity contribution is -0.181. The zero-order valence-electron chi connectivity index (χ0n) is 15.3. The number of rotatable bonds is 5. The average Bonchev–Trinajstić information content (AvgIpc) is 3.05. The second-order valence-electron chi connectivity index (χ2n) is 5.98. The van der Waals surface area contributed by atoms with E-state index in [0.29, 0.717) is 32.7 Å². The van der Waals surface area contributed by atoms with E-state index >= 15 is 0 Å². The number of hydrogen-bond donors (Lipinski definition) is 1. The van der Waals surface area contributed by atoms with Crippen LogP contribution in [0.3, 0.4) is 0 Å². The van der Waals surface area contributed by atoms with E-state index in [2.05, 4.69) is 22.2 Å². The van der Waals surface area contributed by atoms with E-state index in [-0.39, 0.29) is 24.0 Å². The quantitative estimate of drug-likeness (QED) is 0.379. The van der Waals surface area contributed by atoms with Crippen LogP contribution in [0.25, 0.3) is 0 Å². The van der Waals surface area contributed by atoms with Gasteiger partial charge in [-0.25, -0.2) is 9.98 Å². The Bertz CT molecular complexity index is 570. The molecule has 5 nitrogen and oxygen atoms in total. The van der Waals surface area contributed by atoms with Gasteiger partial charge in [-0.15, -0.1) is 35.3 Å². The summed E-state index contributed by atoms with van der Waals surface area (Å²) >= 11 is 1.65. The molecule has 1 N–H and O–H groups in total. The van der Waals surface area contributed by atoms with Crippen molar-refractivity contribution in [1.82, 2.24) is 20.1 Å².